The highest BCUT2D eigenvalue weighted by Crippen LogP contribution is 2.36. The molecule has 1 amide bonds. The van der Waals surface area contributed by atoms with Gasteiger partial charge in [0.05, 0.1) is 18.2 Å². The maximum atomic E-state index is 13.7. The number of halogens is 1. The highest BCUT2D eigenvalue weighted by molar-refractivity contribution is 5.95. The number of hydrogen-bond acceptors (Lipinski definition) is 6. The second kappa shape index (κ2) is 7.88. The van der Waals surface area contributed by atoms with Gasteiger partial charge in [-0.15, -0.1) is 0 Å². The molecular formula is C23H17FN4O3. The summed E-state index contributed by atoms with van der Waals surface area (Å²) >= 11 is 0. The van der Waals surface area contributed by atoms with Crippen LogP contribution in [0.3, 0.4) is 0 Å². The number of carbonyl (C=O) groups excluding carboxylic acids is 1. The van der Waals surface area contributed by atoms with E-state index in [4.69, 9.17) is 14.4 Å². The Morgan fingerprint density at radius 1 is 1.19 bits per heavy atom. The number of furan rings is 1. The Morgan fingerprint density at radius 2 is 2.00 bits per heavy atom. The predicted molar refractivity (Wildman–Crippen MR) is 112 cm³/mol. The summed E-state index contributed by atoms with van der Waals surface area (Å²) in [6, 6.07) is 11.2. The van der Waals surface area contributed by atoms with E-state index in [9.17, 15) is 9.18 Å². The fourth-order valence-electron chi connectivity index (χ4n) is 3.22. The van der Waals surface area contributed by atoms with Gasteiger partial charge >= 0.3 is 0 Å². The van der Waals surface area contributed by atoms with Gasteiger partial charge in [-0.1, -0.05) is 6.07 Å². The van der Waals surface area contributed by atoms with Crippen LogP contribution in [0.2, 0.25) is 0 Å². The highest BCUT2D eigenvalue weighted by atomic mass is 19.1. The third-order valence-corrected chi connectivity index (χ3v) is 4.77. The number of ether oxygens (including phenoxy) is 1. The summed E-state index contributed by atoms with van der Waals surface area (Å²) in [6.45, 7) is 0. The number of pyridine rings is 2. The molecule has 8 heteroatoms. The number of amides is 1. The molecule has 154 valence electrons. The Hall–Kier alpha value is -4.25. The average Bonchev–Trinajstić information content (AvgIpc) is 3.22. The number of rotatable bonds is 4. The van der Waals surface area contributed by atoms with E-state index in [-0.39, 0.29) is 11.5 Å². The fourth-order valence-corrected chi connectivity index (χ4v) is 3.22. The first kappa shape index (κ1) is 20.0. The Bertz CT molecular complexity index is 1350. The average molecular weight is 416 g/mol. The van der Waals surface area contributed by atoms with Crippen LogP contribution in [0.5, 0.6) is 5.75 Å². The smallest absolute Gasteiger partial charge is 0.255 e. The second-order valence-electron chi connectivity index (χ2n) is 6.96. The Labute approximate surface area is 177 Å². The third kappa shape index (κ3) is 3.57. The summed E-state index contributed by atoms with van der Waals surface area (Å²) < 4.78 is 25.2. The Balaban J connectivity index is 1.84. The van der Waals surface area contributed by atoms with E-state index < -0.39 is 5.82 Å². The van der Waals surface area contributed by atoms with Crippen LogP contribution in [0.1, 0.15) is 15.9 Å². The van der Waals surface area contributed by atoms with Crippen LogP contribution in [0.25, 0.3) is 33.7 Å². The van der Waals surface area contributed by atoms with Gasteiger partial charge < -0.3 is 14.1 Å². The monoisotopic (exact) mass is 416 g/mol. The van der Waals surface area contributed by atoms with Gasteiger partial charge in [0, 0.05) is 38.1 Å². The second-order valence-corrected chi connectivity index (χ2v) is 6.96. The maximum absolute atomic E-state index is 13.7. The third-order valence-electron chi connectivity index (χ3n) is 4.77. The van der Waals surface area contributed by atoms with Gasteiger partial charge in [0.15, 0.2) is 11.3 Å². The van der Waals surface area contributed by atoms with Gasteiger partial charge in [0.1, 0.15) is 28.8 Å². The van der Waals surface area contributed by atoms with Crippen molar-refractivity contribution in [3.63, 3.8) is 0 Å². The van der Waals surface area contributed by atoms with Crippen LogP contribution < -0.4 is 4.74 Å². The predicted octanol–water partition coefficient (Wildman–Crippen LogP) is 4.28. The van der Waals surface area contributed by atoms with Gasteiger partial charge in [-0.25, -0.2) is 9.37 Å². The molecule has 3 heterocycles. The Morgan fingerprint density at radius 3 is 2.71 bits per heavy atom. The Kier molecular flexibility index (Phi) is 5.09. The molecule has 3 aromatic heterocycles. The molecule has 4 aromatic rings. The van der Waals surface area contributed by atoms with Crippen molar-refractivity contribution < 1.29 is 18.3 Å². The molecule has 0 bridgehead atoms. The number of methoxy groups -OCH3 is 1. The summed E-state index contributed by atoms with van der Waals surface area (Å²) in [6.07, 6.45) is 3.07. The van der Waals surface area contributed by atoms with E-state index in [2.05, 4.69) is 9.97 Å². The molecule has 0 atom stereocenters. The van der Waals surface area contributed by atoms with Crippen molar-refractivity contribution in [1.82, 2.24) is 14.9 Å². The zero-order valence-electron chi connectivity index (χ0n) is 17.0. The lowest BCUT2D eigenvalue weighted by atomic mass is 10.0. The molecule has 0 unspecified atom stereocenters. The van der Waals surface area contributed by atoms with Gasteiger partial charge in [0.25, 0.3) is 5.91 Å². The van der Waals surface area contributed by atoms with Crippen molar-refractivity contribution >= 4 is 17.0 Å². The molecule has 0 fully saturated rings. The van der Waals surface area contributed by atoms with Crippen molar-refractivity contribution in [3.8, 4) is 34.4 Å². The van der Waals surface area contributed by atoms with Crippen molar-refractivity contribution in [2.45, 2.75) is 0 Å². The first-order valence-corrected chi connectivity index (χ1v) is 9.27. The highest BCUT2D eigenvalue weighted by Gasteiger charge is 2.19. The van der Waals surface area contributed by atoms with Crippen LogP contribution >= 0.6 is 0 Å². The minimum atomic E-state index is -0.585. The van der Waals surface area contributed by atoms with Gasteiger partial charge in [0.2, 0.25) is 0 Å². The molecule has 4 rings (SSSR count). The maximum Gasteiger partial charge on any atom is 0.255 e. The number of aromatic nitrogens is 2. The molecule has 7 nitrogen and oxygen atoms in total. The molecule has 0 aliphatic rings. The molecule has 31 heavy (non-hydrogen) atoms. The van der Waals surface area contributed by atoms with Crippen LogP contribution in [0, 0.1) is 17.1 Å². The number of fused-ring (bicyclic) bond motifs is 1. The molecule has 1 aromatic carbocycles. The van der Waals surface area contributed by atoms with Gasteiger partial charge in [-0.05, 0) is 29.8 Å². The normalized spacial score (nSPS) is 10.7. The largest absolute Gasteiger partial charge is 0.494 e. The van der Waals surface area contributed by atoms with Gasteiger partial charge in [-0.3, -0.25) is 9.78 Å². The minimum Gasteiger partial charge on any atom is -0.494 e. The first-order chi connectivity index (χ1) is 14.9. The SMILES string of the molecule is COc1cc(C(=O)N(C)C)cnc1-c1cc2nccc(-c3ccc(F)c(C#N)c3)c2o1. The zero-order valence-corrected chi connectivity index (χ0v) is 17.0. The van der Waals surface area contributed by atoms with Crippen LogP contribution in [0.15, 0.2) is 53.2 Å². The number of carbonyl (C=O) groups is 1. The van der Waals surface area contributed by atoms with Crippen molar-refractivity contribution in [3.05, 3.63) is 65.7 Å². The lowest BCUT2D eigenvalue weighted by Crippen LogP contribution is -2.21. The fraction of sp³-hybridized carbons (Fsp3) is 0.130. The van der Waals surface area contributed by atoms with Crippen LogP contribution in [0.4, 0.5) is 4.39 Å². The number of nitriles is 1. The summed E-state index contributed by atoms with van der Waals surface area (Å²) in [7, 11) is 4.80. The molecule has 0 aliphatic carbocycles. The lowest BCUT2D eigenvalue weighted by molar-refractivity contribution is 0.0827. The molecular weight excluding hydrogens is 399 g/mol. The topological polar surface area (TPSA) is 92.2 Å². The summed E-state index contributed by atoms with van der Waals surface area (Å²) in [4.78, 5) is 22.4. The molecule has 0 N–H and O–H groups in total. The van der Waals surface area contributed by atoms with E-state index in [1.807, 2.05) is 6.07 Å². The quantitative estimate of drug-likeness (QED) is 0.493. The van der Waals surface area contributed by atoms with Crippen molar-refractivity contribution in [2.24, 2.45) is 0 Å². The van der Waals surface area contributed by atoms with Crippen LogP contribution in [-0.2, 0) is 0 Å². The van der Waals surface area contributed by atoms with E-state index >= 15 is 0 Å². The molecule has 0 spiro atoms. The molecule has 0 radical (unpaired) electrons. The summed E-state index contributed by atoms with van der Waals surface area (Å²) in [5.74, 6) is -0.00591. The summed E-state index contributed by atoms with van der Waals surface area (Å²) in [5.41, 5.74) is 3.05. The molecule has 0 saturated heterocycles. The standard InChI is InChI=1S/C23H17FN4O3/c1-28(2)23(29)15-9-19(30-3)21(27-12-15)20-10-18-22(31-20)16(6-7-26-18)13-4-5-17(24)14(8-13)11-25/h4-10,12H,1-3H3. The number of benzene rings is 1. The zero-order chi connectivity index (χ0) is 22.1. The van der Waals surface area contributed by atoms with Crippen LogP contribution in [-0.4, -0.2) is 42.0 Å². The lowest BCUT2D eigenvalue weighted by Gasteiger charge is -2.12. The van der Waals surface area contributed by atoms with Crippen molar-refractivity contribution in [1.29, 1.82) is 5.26 Å². The van der Waals surface area contributed by atoms with Crippen molar-refractivity contribution in [2.75, 3.05) is 21.2 Å². The van der Waals surface area contributed by atoms with Gasteiger partial charge in [-0.2, -0.15) is 5.26 Å². The van der Waals surface area contributed by atoms with E-state index in [1.54, 1.807) is 44.6 Å². The van der Waals surface area contributed by atoms with E-state index in [0.717, 1.165) is 0 Å². The molecule has 0 saturated carbocycles. The summed E-state index contributed by atoms with van der Waals surface area (Å²) in [5, 5.41) is 9.13. The first-order valence-electron chi connectivity index (χ1n) is 9.27. The molecule has 0 aliphatic heterocycles. The number of nitrogens with zero attached hydrogens (tertiary/aromatic N) is 4. The minimum absolute atomic E-state index is 0.0567. The number of hydrogen-bond donors (Lipinski definition) is 0. The van der Waals surface area contributed by atoms with E-state index in [1.165, 1.54) is 30.3 Å². The van der Waals surface area contributed by atoms with E-state index in [0.29, 0.717) is 45.0 Å².